The van der Waals surface area contributed by atoms with Crippen molar-refractivity contribution in [2.24, 2.45) is 16.6 Å². The topological polar surface area (TPSA) is 102 Å². The molecule has 0 aromatic heterocycles. The quantitative estimate of drug-likeness (QED) is 0.626. The van der Waals surface area contributed by atoms with E-state index in [9.17, 15) is 14.4 Å². The van der Waals surface area contributed by atoms with Gasteiger partial charge in [0.1, 0.15) is 0 Å². The molecule has 6 heteroatoms. The van der Waals surface area contributed by atoms with E-state index >= 15 is 0 Å². The Balaban J connectivity index is 1.91. The summed E-state index contributed by atoms with van der Waals surface area (Å²) >= 11 is 0. The minimum atomic E-state index is -0.441. The number of nitrogens with one attached hydrogen (secondary N) is 1. The van der Waals surface area contributed by atoms with E-state index in [1.165, 1.54) is 6.08 Å². The molecule has 1 aliphatic carbocycles. The van der Waals surface area contributed by atoms with Gasteiger partial charge in [-0.05, 0) is 12.0 Å². The molecule has 0 aromatic rings. The van der Waals surface area contributed by atoms with Gasteiger partial charge in [-0.15, -0.1) is 0 Å². The van der Waals surface area contributed by atoms with Crippen molar-refractivity contribution in [3.63, 3.8) is 0 Å². The number of piperidine rings is 1. The van der Waals surface area contributed by atoms with E-state index in [1.54, 1.807) is 0 Å². The highest BCUT2D eigenvalue weighted by Gasteiger charge is 2.37. The summed E-state index contributed by atoms with van der Waals surface area (Å²) in [6, 6.07) is 0. The smallest absolute Gasteiger partial charge is 0.235 e. The average molecular weight is 259 g/mol. The van der Waals surface area contributed by atoms with E-state index in [4.69, 9.17) is 5.73 Å². The third-order valence-corrected chi connectivity index (χ3v) is 3.67. The first kappa shape index (κ1) is 11.8. The monoisotopic (exact) mass is 259 g/mol. The number of amides is 2. The lowest BCUT2D eigenvalue weighted by Gasteiger charge is -2.23. The Bertz CT molecular complexity index is 598. The van der Waals surface area contributed by atoms with Gasteiger partial charge in [0.05, 0.1) is 18.2 Å². The number of hydrogen-bond donors (Lipinski definition) is 2. The molecule has 6 nitrogen and oxygen atoms in total. The van der Waals surface area contributed by atoms with Gasteiger partial charge in [-0.25, -0.2) is 0 Å². The van der Waals surface area contributed by atoms with Crippen molar-refractivity contribution in [1.82, 2.24) is 5.32 Å². The molecular formula is C13H13N3O3. The molecule has 3 N–H and O–H groups in total. The van der Waals surface area contributed by atoms with Crippen LogP contribution in [-0.2, 0) is 14.4 Å². The SMILES string of the molecule is NC1=CC(=O)CC2=C1CN=C2C1CCC(=O)NC1=O. The van der Waals surface area contributed by atoms with Gasteiger partial charge >= 0.3 is 0 Å². The molecule has 3 aliphatic rings. The summed E-state index contributed by atoms with van der Waals surface area (Å²) in [4.78, 5) is 39.0. The van der Waals surface area contributed by atoms with Crippen molar-refractivity contribution in [1.29, 1.82) is 0 Å². The van der Waals surface area contributed by atoms with Crippen molar-refractivity contribution in [3.8, 4) is 0 Å². The fourth-order valence-corrected chi connectivity index (χ4v) is 2.73. The lowest BCUT2D eigenvalue weighted by molar-refractivity contribution is -0.134. The molecule has 2 amide bonds. The van der Waals surface area contributed by atoms with Gasteiger partial charge in [0.15, 0.2) is 5.78 Å². The molecule has 0 aromatic carbocycles. The maximum absolute atomic E-state index is 11.9. The van der Waals surface area contributed by atoms with Crippen LogP contribution in [-0.4, -0.2) is 29.9 Å². The fraction of sp³-hybridized carbons (Fsp3) is 0.385. The highest BCUT2D eigenvalue weighted by atomic mass is 16.2. The van der Waals surface area contributed by atoms with Gasteiger partial charge in [-0.3, -0.25) is 24.7 Å². The third-order valence-electron chi connectivity index (χ3n) is 3.67. The van der Waals surface area contributed by atoms with Crippen LogP contribution in [0.25, 0.3) is 0 Å². The first-order valence-corrected chi connectivity index (χ1v) is 6.17. The summed E-state index contributed by atoms with van der Waals surface area (Å²) in [6.45, 7) is 0.415. The first-order chi connectivity index (χ1) is 9.06. The predicted molar refractivity (Wildman–Crippen MR) is 67.1 cm³/mol. The van der Waals surface area contributed by atoms with Crippen LogP contribution >= 0.6 is 0 Å². The Labute approximate surface area is 109 Å². The molecule has 1 fully saturated rings. The maximum atomic E-state index is 11.9. The number of rotatable bonds is 1. The van der Waals surface area contributed by atoms with E-state index in [0.717, 1.165) is 11.1 Å². The van der Waals surface area contributed by atoms with E-state index in [1.807, 2.05) is 0 Å². The summed E-state index contributed by atoms with van der Waals surface area (Å²) in [5.41, 5.74) is 8.51. The Morgan fingerprint density at radius 1 is 1.26 bits per heavy atom. The normalized spacial score (nSPS) is 26.9. The van der Waals surface area contributed by atoms with Crippen molar-refractivity contribution in [3.05, 3.63) is 22.9 Å². The summed E-state index contributed by atoms with van der Waals surface area (Å²) < 4.78 is 0. The standard InChI is InChI=1S/C13H13N3O3/c14-10-4-6(17)3-8-9(10)5-15-12(8)7-1-2-11(18)16-13(7)19/h4,7H,1-3,5,14H2,(H,16,18,19). The van der Waals surface area contributed by atoms with E-state index in [0.29, 0.717) is 30.8 Å². The molecule has 98 valence electrons. The Morgan fingerprint density at radius 3 is 2.79 bits per heavy atom. The predicted octanol–water partition coefficient (Wildman–Crippen LogP) is -0.394. The largest absolute Gasteiger partial charge is 0.398 e. The van der Waals surface area contributed by atoms with Crippen LogP contribution in [0.1, 0.15) is 19.3 Å². The second-order valence-electron chi connectivity index (χ2n) is 4.91. The first-order valence-electron chi connectivity index (χ1n) is 6.17. The molecule has 1 saturated heterocycles. The number of carbonyl (C=O) groups excluding carboxylic acids is 3. The number of nitrogens with two attached hydrogens (primary N) is 1. The molecule has 2 aliphatic heterocycles. The molecule has 0 saturated carbocycles. The zero-order valence-electron chi connectivity index (χ0n) is 10.2. The van der Waals surface area contributed by atoms with Crippen molar-refractivity contribution < 1.29 is 14.4 Å². The molecule has 1 atom stereocenters. The molecule has 19 heavy (non-hydrogen) atoms. The maximum Gasteiger partial charge on any atom is 0.235 e. The summed E-state index contributed by atoms with van der Waals surface area (Å²) in [5.74, 6) is -1.10. The molecule has 3 rings (SSSR count). The van der Waals surface area contributed by atoms with Crippen molar-refractivity contribution >= 4 is 23.3 Å². The van der Waals surface area contributed by atoms with Crippen LogP contribution in [0, 0.1) is 5.92 Å². The summed E-state index contributed by atoms with van der Waals surface area (Å²) in [5, 5.41) is 2.31. The summed E-state index contributed by atoms with van der Waals surface area (Å²) in [7, 11) is 0. The molecule has 0 spiro atoms. The Morgan fingerprint density at radius 2 is 2.05 bits per heavy atom. The van der Waals surface area contributed by atoms with Gasteiger partial charge in [0, 0.05) is 30.2 Å². The number of carbonyl (C=O) groups is 3. The number of ketones is 1. The molecule has 1 unspecified atom stereocenters. The van der Waals surface area contributed by atoms with Crippen LogP contribution in [0.15, 0.2) is 27.9 Å². The number of allylic oxidation sites excluding steroid dienone is 2. The second-order valence-corrected chi connectivity index (χ2v) is 4.91. The van der Waals surface area contributed by atoms with Gasteiger partial charge in [-0.2, -0.15) is 0 Å². The highest BCUT2D eigenvalue weighted by Crippen LogP contribution is 2.32. The van der Waals surface area contributed by atoms with E-state index in [-0.39, 0.29) is 24.0 Å². The minimum absolute atomic E-state index is 0.0712. The van der Waals surface area contributed by atoms with E-state index < -0.39 is 5.92 Å². The van der Waals surface area contributed by atoms with Crippen LogP contribution < -0.4 is 11.1 Å². The average Bonchev–Trinajstić information content (AvgIpc) is 2.73. The zero-order valence-corrected chi connectivity index (χ0v) is 10.2. The van der Waals surface area contributed by atoms with Gasteiger partial charge in [0.25, 0.3) is 0 Å². The van der Waals surface area contributed by atoms with Crippen molar-refractivity contribution in [2.75, 3.05) is 6.54 Å². The molecule has 0 radical (unpaired) electrons. The number of aliphatic imine (C=N–C) groups is 1. The zero-order chi connectivity index (χ0) is 13.6. The van der Waals surface area contributed by atoms with Gasteiger partial charge in [-0.1, -0.05) is 0 Å². The van der Waals surface area contributed by atoms with Crippen LogP contribution in [0.4, 0.5) is 0 Å². The van der Waals surface area contributed by atoms with Crippen LogP contribution in [0.5, 0.6) is 0 Å². The fourth-order valence-electron chi connectivity index (χ4n) is 2.73. The lowest BCUT2D eigenvalue weighted by atomic mass is 9.84. The molecular weight excluding hydrogens is 246 g/mol. The molecule has 2 heterocycles. The Kier molecular flexibility index (Phi) is 2.58. The van der Waals surface area contributed by atoms with Gasteiger partial charge in [0.2, 0.25) is 11.8 Å². The third kappa shape index (κ3) is 1.89. The van der Waals surface area contributed by atoms with Crippen molar-refractivity contribution in [2.45, 2.75) is 19.3 Å². The van der Waals surface area contributed by atoms with Crippen LogP contribution in [0.2, 0.25) is 0 Å². The minimum Gasteiger partial charge on any atom is -0.398 e. The summed E-state index contributed by atoms with van der Waals surface area (Å²) in [6.07, 6.45) is 2.41. The number of hydrogen-bond acceptors (Lipinski definition) is 5. The highest BCUT2D eigenvalue weighted by molar-refractivity contribution is 6.20. The second kappa shape index (κ2) is 4.15. The van der Waals surface area contributed by atoms with Gasteiger partial charge < -0.3 is 5.73 Å². The molecule has 0 bridgehead atoms. The van der Waals surface area contributed by atoms with E-state index in [2.05, 4.69) is 10.3 Å². The van der Waals surface area contributed by atoms with Crippen LogP contribution in [0.3, 0.4) is 0 Å². The lowest BCUT2D eigenvalue weighted by Crippen LogP contribution is -2.44. The Hall–Kier alpha value is -2.24. The number of imide groups is 1. The number of nitrogens with zero attached hydrogens (tertiary/aromatic N) is 1.